The Morgan fingerprint density at radius 3 is 2.92 bits per heavy atom. The molecule has 1 heterocycles. The zero-order valence-corrected chi connectivity index (χ0v) is 9.99. The number of halogens is 1. The lowest BCUT2D eigenvalue weighted by atomic mass is 10.2. The van der Waals surface area contributed by atoms with Gasteiger partial charge in [0, 0.05) is 17.5 Å². The second-order valence-electron chi connectivity index (χ2n) is 2.89. The van der Waals surface area contributed by atoms with Crippen LogP contribution in [0.15, 0.2) is 15.9 Å². The summed E-state index contributed by atoms with van der Waals surface area (Å²) in [5.41, 5.74) is 0. The minimum absolute atomic E-state index is 0.258. The van der Waals surface area contributed by atoms with Gasteiger partial charge in [-0.05, 0) is 48.0 Å². The maximum atomic E-state index is 8.61. The van der Waals surface area contributed by atoms with E-state index in [0.29, 0.717) is 6.04 Å². The van der Waals surface area contributed by atoms with Gasteiger partial charge in [-0.2, -0.15) is 0 Å². The molecule has 0 aliphatic heterocycles. The second-order valence-corrected chi connectivity index (χ2v) is 5.39. The van der Waals surface area contributed by atoms with Gasteiger partial charge in [0.2, 0.25) is 0 Å². The van der Waals surface area contributed by atoms with E-state index in [4.69, 9.17) is 5.11 Å². The molecular weight excluding hydrogens is 250 g/mol. The van der Waals surface area contributed by atoms with Crippen molar-refractivity contribution in [1.29, 1.82) is 0 Å². The second kappa shape index (κ2) is 5.75. The molecule has 13 heavy (non-hydrogen) atoms. The van der Waals surface area contributed by atoms with Gasteiger partial charge >= 0.3 is 0 Å². The topological polar surface area (TPSA) is 32.3 Å². The molecule has 0 radical (unpaired) electrons. The molecule has 0 unspecified atom stereocenters. The first kappa shape index (κ1) is 11.2. The van der Waals surface area contributed by atoms with E-state index in [2.05, 4.69) is 40.3 Å². The van der Waals surface area contributed by atoms with Crippen molar-refractivity contribution in [3.63, 3.8) is 0 Å². The molecular formula is C9H14BrNOS. The van der Waals surface area contributed by atoms with E-state index in [9.17, 15) is 0 Å². The summed E-state index contributed by atoms with van der Waals surface area (Å²) < 4.78 is 1.17. The maximum Gasteiger partial charge on any atom is 0.0701 e. The molecule has 0 amide bonds. The van der Waals surface area contributed by atoms with Crippen LogP contribution in [0, 0.1) is 0 Å². The Morgan fingerprint density at radius 1 is 1.62 bits per heavy atom. The minimum atomic E-state index is 0.258. The maximum absolute atomic E-state index is 8.61. The SMILES string of the molecule is C[C@@H](NCCCO)c1ccc(Br)s1. The van der Waals surface area contributed by atoms with Gasteiger partial charge in [-0.25, -0.2) is 0 Å². The van der Waals surface area contributed by atoms with Crippen molar-refractivity contribution >= 4 is 27.3 Å². The Bertz CT molecular complexity index is 252. The van der Waals surface area contributed by atoms with Gasteiger partial charge in [0.25, 0.3) is 0 Å². The lowest BCUT2D eigenvalue weighted by molar-refractivity contribution is 0.284. The Morgan fingerprint density at radius 2 is 2.38 bits per heavy atom. The molecule has 0 aliphatic rings. The van der Waals surface area contributed by atoms with Crippen LogP contribution in [0.3, 0.4) is 0 Å². The Labute approximate surface area is 91.1 Å². The molecule has 74 valence electrons. The van der Waals surface area contributed by atoms with Crippen molar-refractivity contribution in [3.8, 4) is 0 Å². The molecule has 0 bridgehead atoms. The minimum Gasteiger partial charge on any atom is -0.396 e. The van der Waals surface area contributed by atoms with Crippen LogP contribution in [0.4, 0.5) is 0 Å². The quantitative estimate of drug-likeness (QED) is 0.801. The fraction of sp³-hybridized carbons (Fsp3) is 0.556. The molecule has 1 aromatic heterocycles. The van der Waals surface area contributed by atoms with E-state index < -0.39 is 0 Å². The molecule has 0 aromatic carbocycles. The number of thiophene rings is 1. The Hall–Kier alpha value is 0.1000. The predicted molar refractivity (Wildman–Crippen MR) is 60.1 cm³/mol. The lowest BCUT2D eigenvalue weighted by Crippen LogP contribution is -2.19. The molecule has 0 spiro atoms. The Kier molecular flexibility index (Phi) is 4.94. The zero-order valence-electron chi connectivity index (χ0n) is 7.59. The van der Waals surface area contributed by atoms with E-state index in [-0.39, 0.29) is 6.61 Å². The summed E-state index contributed by atoms with van der Waals surface area (Å²) >= 11 is 5.18. The summed E-state index contributed by atoms with van der Waals surface area (Å²) in [6, 6.07) is 4.55. The zero-order chi connectivity index (χ0) is 9.68. The average Bonchev–Trinajstić information content (AvgIpc) is 2.52. The van der Waals surface area contributed by atoms with Crippen LogP contribution in [0.5, 0.6) is 0 Å². The normalized spacial score (nSPS) is 13.2. The number of nitrogens with one attached hydrogen (secondary N) is 1. The largest absolute Gasteiger partial charge is 0.396 e. The van der Waals surface area contributed by atoms with Gasteiger partial charge in [0.1, 0.15) is 0 Å². The van der Waals surface area contributed by atoms with Crippen LogP contribution >= 0.6 is 27.3 Å². The van der Waals surface area contributed by atoms with Crippen LogP contribution in [0.2, 0.25) is 0 Å². The molecule has 1 rings (SSSR count). The standard InChI is InChI=1S/C9H14BrNOS/c1-7(11-5-2-6-12)8-3-4-9(10)13-8/h3-4,7,11-12H,2,5-6H2,1H3/t7-/m1/s1. The highest BCUT2D eigenvalue weighted by Gasteiger charge is 2.06. The van der Waals surface area contributed by atoms with Gasteiger partial charge in [-0.1, -0.05) is 0 Å². The molecule has 2 N–H and O–H groups in total. The molecule has 2 nitrogen and oxygen atoms in total. The van der Waals surface area contributed by atoms with E-state index >= 15 is 0 Å². The summed E-state index contributed by atoms with van der Waals surface area (Å²) in [6.45, 7) is 3.26. The smallest absolute Gasteiger partial charge is 0.0701 e. The first-order chi connectivity index (χ1) is 6.24. The molecule has 1 atom stereocenters. The van der Waals surface area contributed by atoms with E-state index in [1.54, 1.807) is 11.3 Å². The van der Waals surface area contributed by atoms with E-state index in [1.807, 2.05) is 0 Å². The van der Waals surface area contributed by atoms with Crippen molar-refractivity contribution in [2.75, 3.05) is 13.2 Å². The summed E-state index contributed by atoms with van der Waals surface area (Å²) in [5.74, 6) is 0. The lowest BCUT2D eigenvalue weighted by Gasteiger charge is -2.10. The summed E-state index contributed by atoms with van der Waals surface area (Å²) in [7, 11) is 0. The van der Waals surface area contributed by atoms with Gasteiger partial charge in [-0.15, -0.1) is 11.3 Å². The summed E-state index contributed by atoms with van der Waals surface area (Å²) in [5, 5.41) is 12.0. The van der Waals surface area contributed by atoms with Crippen molar-refractivity contribution < 1.29 is 5.11 Å². The molecule has 0 saturated heterocycles. The molecule has 0 saturated carbocycles. The molecule has 0 aliphatic carbocycles. The number of hydrogen-bond donors (Lipinski definition) is 2. The van der Waals surface area contributed by atoms with Crippen LogP contribution in [-0.4, -0.2) is 18.3 Å². The summed E-state index contributed by atoms with van der Waals surface area (Å²) in [4.78, 5) is 1.32. The first-order valence-electron chi connectivity index (χ1n) is 4.33. The summed E-state index contributed by atoms with van der Waals surface area (Å²) in [6.07, 6.45) is 0.816. The third-order valence-electron chi connectivity index (χ3n) is 1.81. The third-order valence-corrected chi connectivity index (χ3v) is 3.61. The fourth-order valence-corrected chi connectivity index (χ4v) is 2.51. The van der Waals surface area contributed by atoms with E-state index in [0.717, 1.165) is 13.0 Å². The number of hydrogen-bond acceptors (Lipinski definition) is 3. The van der Waals surface area contributed by atoms with Gasteiger partial charge in [-0.3, -0.25) is 0 Å². The van der Waals surface area contributed by atoms with Crippen molar-refractivity contribution in [2.45, 2.75) is 19.4 Å². The van der Waals surface area contributed by atoms with Crippen molar-refractivity contribution in [3.05, 3.63) is 20.8 Å². The van der Waals surface area contributed by atoms with Crippen LogP contribution < -0.4 is 5.32 Å². The van der Waals surface area contributed by atoms with Gasteiger partial charge in [0.15, 0.2) is 0 Å². The van der Waals surface area contributed by atoms with Crippen LogP contribution in [0.25, 0.3) is 0 Å². The number of rotatable bonds is 5. The van der Waals surface area contributed by atoms with E-state index in [1.165, 1.54) is 8.66 Å². The highest BCUT2D eigenvalue weighted by atomic mass is 79.9. The highest BCUT2D eigenvalue weighted by Crippen LogP contribution is 2.26. The molecule has 1 aromatic rings. The predicted octanol–water partition coefficient (Wildman–Crippen LogP) is 2.54. The van der Waals surface area contributed by atoms with Crippen LogP contribution in [0.1, 0.15) is 24.3 Å². The number of aliphatic hydroxyl groups excluding tert-OH is 1. The van der Waals surface area contributed by atoms with Gasteiger partial charge in [0.05, 0.1) is 3.79 Å². The average molecular weight is 264 g/mol. The third kappa shape index (κ3) is 3.77. The molecule has 0 fully saturated rings. The van der Waals surface area contributed by atoms with Crippen molar-refractivity contribution in [1.82, 2.24) is 5.32 Å². The van der Waals surface area contributed by atoms with Crippen molar-refractivity contribution in [2.24, 2.45) is 0 Å². The van der Waals surface area contributed by atoms with Gasteiger partial charge < -0.3 is 10.4 Å². The molecule has 4 heteroatoms. The monoisotopic (exact) mass is 263 g/mol. The fourth-order valence-electron chi connectivity index (χ4n) is 1.06. The number of aliphatic hydroxyl groups is 1. The highest BCUT2D eigenvalue weighted by molar-refractivity contribution is 9.11. The Balaban J connectivity index is 2.35. The van der Waals surface area contributed by atoms with Crippen LogP contribution in [-0.2, 0) is 0 Å². The first-order valence-corrected chi connectivity index (χ1v) is 5.94.